The average molecular weight is 259 g/mol. The Morgan fingerprint density at radius 1 is 1.47 bits per heavy atom. The van der Waals surface area contributed by atoms with Gasteiger partial charge in [0.2, 0.25) is 0 Å². The number of aromatic nitrogens is 2. The molecule has 0 bridgehead atoms. The molecule has 1 heterocycles. The number of carbonyl (C=O) groups is 1. The van der Waals surface area contributed by atoms with Crippen LogP contribution in [0.4, 0.5) is 11.4 Å². The standard InChI is InChI=1S/C13H17N5O/c1-8-9(7-17-18(8)2)6-16-10-3-4-12(14)11(5-10)13(15)19/h3-5,7,16H,6,14H2,1-2H3,(H2,15,19). The van der Waals surface area contributed by atoms with Crippen molar-refractivity contribution in [2.75, 3.05) is 11.1 Å². The number of anilines is 2. The number of primary amides is 1. The Balaban J connectivity index is 2.14. The van der Waals surface area contributed by atoms with E-state index in [0.29, 0.717) is 17.8 Å². The van der Waals surface area contributed by atoms with Crippen molar-refractivity contribution in [1.82, 2.24) is 9.78 Å². The SMILES string of the molecule is Cc1c(CNc2ccc(N)c(C(N)=O)c2)cnn1C. The smallest absolute Gasteiger partial charge is 0.250 e. The number of amides is 1. The van der Waals surface area contributed by atoms with Gasteiger partial charge in [-0.25, -0.2) is 0 Å². The molecule has 100 valence electrons. The van der Waals surface area contributed by atoms with E-state index in [9.17, 15) is 4.79 Å². The lowest BCUT2D eigenvalue weighted by Crippen LogP contribution is -2.14. The normalized spacial score (nSPS) is 10.4. The van der Waals surface area contributed by atoms with Gasteiger partial charge in [-0.2, -0.15) is 5.10 Å². The fraction of sp³-hybridized carbons (Fsp3) is 0.231. The summed E-state index contributed by atoms with van der Waals surface area (Å²) >= 11 is 0. The number of hydrogen-bond acceptors (Lipinski definition) is 4. The molecule has 2 rings (SSSR count). The molecule has 19 heavy (non-hydrogen) atoms. The van der Waals surface area contributed by atoms with Crippen molar-refractivity contribution >= 4 is 17.3 Å². The van der Waals surface area contributed by atoms with Gasteiger partial charge in [0.1, 0.15) is 0 Å². The predicted molar refractivity (Wildman–Crippen MR) is 74.6 cm³/mol. The van der Waals surface area contributed by atoms with Crippen molar-refractivity contribution in [2.24, 2.45) is 12.8 Å². The number of benzene rings is 1. The number of nitrogens with zero attached hydrogens (tertiary/aromatic N) is 2. The molecule has 2 aromatic rings. The molecule has 0 aliphatic heterocycles. The zero-order valence-corrected chi connectivity index (χ0v) is 11.0. The Kier molecular flexibility index (Phi) is 3.41. The van der Waals surface area contributed by atoms with Gasteiger partial charge in [0.25, 0.3) is 5.91 Å². The van der Waals surface area contributed by atoms with E-state index in [0.717, 1.165) is 16.9 Å². The number of nitrogens with one attached hydrogen (secondary N) is 1. The van der Waals surface area contributed by atoms with Crippen molar-refractivity contribution in [2.45, 2.75) is 13.5 Å². The quantitative estimate of drug-likeness (QED) is 0.714. The van der Waals surface area contributed by atoms with E-state index in [1.165, 1.54) is 0 Å². The molecule has 1 amide bonds. The molecule has 0 unspecified atom stereocenters. The van der Waals surface area contributed by atoms with E-state index in [4.69, 9.17) is 11.5 Å². The summed E-state index contributed by atoms with van der Waals surface area (Å²) in [6.45, 7) is 2.63. The highest BCUT2D eigenvalue weighted by Gasteiger charge is 2.07. The number of nitrogen functional groups attached to an aromatic ring is 1. The van der Waals surface area contributed by atoms with Crippen LogP contribution < -0.4 is 16.8 Å². The van der Waals surface area contributed by atoms with E-state index < -0.39 is 5.91 Å². The van der Waals surface area contributed by atoms with Crippen LogP contribution in [0.25, 0.3) is 0 Å². The number of aryl methyl sites for hydroxylation is 1. The zero-order valence-electron chi connectivity index (χ0n) is 11.0. The monoisotopic (exact) mass is 259 g/mol. The summed E-state index contributed by atoms with van der Waals surface area (Å²) in [6, 6.07) is 5.13. The summed E-state index contributed by atoms with van der Waals surface area (Å²) in [5, 5.41) is 7.39. The third-order valence-electron chi connectivity index (χ3n) is 3.14. The van der Waals surface area contributed by atoms with Gasteiger partial charge in [-0.1, -0.05) is 0 Å². The number of hydrogen-bond donors (Lipinski definition) is 3. The third-order valence-corrected chi connectivity index (χ3v) is 3.14. The maximum absolute atomic E-state index is 11.2. The van der Waals surface area contributed by atoms with E-state index in [1.54, 1.807) is 12.1 Å². The predicted octanol–water partition coefficient (Wildman–Crippen LogP) is 1.02. The van der Waals surface area contributed by atoms with Gasteiger partial charge >= 0.3 is 0 Å². The van der Waals surface area contributed by atoms with E-state index >= 15 is 0 Å². The number of rotatable bonds is 4. The minimum atomic E-state index is -0.529. The van der Waals surface area contributed by atoms with Crippen molar-refractivity contribution in [3.05, 3.63) is 41.2 Å². The highest BCUT2D eigenvalue weighted by atomic mass is 16.1. The van der Waals surface area contributed by atoms with Crippen LogP contribution in [0.3, 0.4) is 0 Å². The van der Waals surface area contributed by atoms with Crippen molar-refractivity contribution in [1.29, 1.82) is 0 Å². The van der Waals surface area contributed by atoms with E-state index in [-0.39, 0.29) is 0 Å². The highest BCUT2D eigenvalue weighted by molar-refractivity contribution is 5.98. The summed E-state index contributed by atoms with van der Waals surface area (Å²) in [4.78, 5) is 11.2. The molecule has 1 aromatic heterocycles. The number of carbonyl (C=O) groups excluding carboxylic acids is 1. The first kappa shape index (κ1) is 12.9. The van der Waals surface area contributed by atoms with Gasteiger partial charge in [-0.3, -0.25) is 9.48 Å². The molecule has 0 radical (unpaired) electrons. The van der Waals surface area contributed by atoms with Crippen LogP contribution in [-0.2, 0) is 13.6 Å². The van der Waals surface area contributed by atoms with E-state index in [2.05, 4.69) is 10.4 Å². The fourth-order valence-corrected chi connectivity index (χ4v) is 1.79. The lowest BCUT2D eigenvalue weighted by Gasteiger charge is -2.09. The molecule has 0 atom stereocenters. The summed E-state index contributed by atoms with van der Waals surface area (Å²) in [6.07, 6.45) is 1.81. The molecule has 0 fully saturated rings. The molecule has 6 nitrogen and oxygen atoms in total. The van der Waals surface area contributed by atoms with Crippen LogP contribution in [0.15, 0.2) is 24.4 Å². The third kappa shape index (κ3) is 2.67. The Hall–Kier alpha value is -2.50. The van der Waals surface area contributed by atoms with Crippen LogP contribution >= 0.6 is 0 Å². The van der Waals surface area contributed by atoms with Gasteiger partial charge in [0, 0.05) is 36.2 Å². The molecule has 1 aromatic carbocycles. The molecule has 0 saturated carbocycles. The molecule has 5 N–H and O–H groups in total. The van der Waals surface area contributed by atoms with Crippen LogP contribution in [0, 0.1) is 6.92 Å². The molecule has 0 aliphatic carbocycles. The zero-order chi connectivity index (χ0) is 14.0. The second kappa shape index (κ2) is 5.01. The second-order valence-electron chi connectivity index (χ2n) is 4.40. The molecular weight excluding hydrogens is 242 g/mol. The summed E-state index contributed by atoms with van der Waals surface area (Å²) in [5.41, 5.74) is 14.6. The van der Waals surface area contributed by atoms with Gasteiger partial charge in [0.15, 0.2) is 0 Å². The van der Waals surface area contributed by atoms with Gasteiger partial charge in [-0.05, 0) is 25.1 Å². The highest BCUT2D eigenvalue weighted by Crippen LogP contribution is 2.18. The molecule has 0 aliphatic rings. The summed E-state index contributed by atoms with van der Waals surface area (Å²) in [5.74, 6) is -0.529. The molecular formula is C13H17N5O. The maximum atomic E-state index is 11.2. The largest absolute Gasteiger partial charge is 0.398 e. The van der Waals surface area contributed by atoms with Crippen molar-refractivity contribution in [3.8, 4) is 0 Å². The second-order valence-corrected chi connectivity index (χ2v) is 4.40. The first-order chi connectivity index (χ1) is 8.99. The summed E-state index contributed by atoms with van der Waals surface area (Å²) in [7, 11) is 1.90. The van der Waals surface area contributed by atoms with Gasteiger partial charge in [-0.15, -0.1) is 0 Å². The van der Waals surface area contributed by atoms with Crippen LogP contribution in [0.1, 0.15) is 21.6 Å². The average Bonchev–Trinajstić information content (AvgIpc) is 2.69. The van der Waals surface area contributed by atoms with Gasteiger partial charge in [0.05, 0.1) is 11.8 Å². The van der Waals surface area contributed by atoms with Crippen LogP contribution in [0.2, 0.25) is 0 Å². The maximum Gasteiger partial charge on any atom is 0.250 e. The number of nitrogens with two attached hydrogens (primary N) is 2. The fourth-order valence-electron chi connectivity index (χ4n) is 1.79. The summed E-state index contributed by atoms with van der Waals surface area (Å²) < 4.78 is 1.81. The topological polar surface area (TPSA) is 99.0 Å². The van der Waals surface area contributed by atoms with Crippen molar-refractivity contribution < 1.29 is 4.79 Å². The Morgan fingerprint density at radius 2 is 2.21 bits per heavy atom. The first-order valence-electron chi connectivity index (χ1n) is 5.89. The Morgan fingerprint density at radius 3 is 2.79 bits per heavy atom. The lowest BCUT2D eigenvalue weighted by molar-refractivity contribution is 0.100. The molecule has 0 spiro atoms. The first-order valence-corrected chi connectivity index (χ1v) is 5.89. The van der Waals surface area contributed by atoms with Crippen LogP contribution in [-0.4, -0.2) is 15.7 Å². The van der Waals surface area contributed by atoms with Crippen LogP contribution in [0.5, 0.6) is 0 Å². The minimum absolute atomic E-state index is 0.327. The Labute approximate surface area is 111 Å². The molecule has 6 heteroatoms. The molecule has 0 saturated heterocycles. The lowest BCUT2D eigenvalue weighted by atomic mass is 10.1. The minimum Gasteiger partial charge on any atom is -0.398 e. The van der Waals surface area contributed by atoms with E-state index in [1.807, 2.05) is 30.9 Å². The Bertz CT molecular complexity index is 617. The van der Waals surface area contributed by atoms with Crippen molar-refractivity contribution in [3.63, 3.8) is 0 Å². The van der Waals surface area contributed by atoms with Gasteiger partial charge < -0.3 is 16.8 Å².